The molecule has 0 spiro atoms. The summed E-state index contributed by atoms with van der Waals surface area (Å²) in [5.74, 6) is -0.136. The predicted octanol–water partition coefficient (Wildman–Crippen LogP) is 3.43. The molecule has 24 heavy (non-hydrogen) atoms. The second-order valence-electron chi connectivity index (χ2n) is 5.75. The lowest BCUT2D eigenvalue weighted by Crippen LogP contribution is -2.44. The number of hydrogen-bond acceptors (Lipinski definition) is 2. The molecule has 0 aliphatic carbocycles. The minimum Gasteiger partial charge on any atom is -0.331 e. The first-order valence-electron chi connectivity index (χ1n) is 7.99. The molecule has 0 aromatic heterocycles. The number of carbonyl (C=O) groups excluding carboxylic acids is 1. The van der Waals surface area contributed by atoms with Gasteiger partial charge >= 0.3 is 0 Å². The number of nitrogens with one attached hydrogen (secondary N) is 3. The van der Waals surface area contributed by atoms with Gasteiger partial charge in [0.25, 0.3) is 0 Å². The number of para-hydroxylation sites is 1. The number of aryl methyl sites for hydroxylation is 3. The number of hydrogen-bond donors (Lipinski definition) is 3. The number of thiocarbonyl (C=S) groups is 1. The molecule has 0 saturated heterocycles. The lowest BCUT2D eigenvalue weighted by molar-refractivity contribution is -0.120. The van der Waals surface area contributed by atoms with E-state index in [1.807, 2.05) is 50.2 Å². The van der Waals surface area contributed by atoms with E-state index in [0.717, 1.165) is 23.2 Å². The Hall–Kier alpha value is -2.40. The molecule has 0 fully saturated rings. The number of rotatable bonds is 4. The van der Waals surface area contributed by atoms with Crippen LogP contribution in [-0.4, -0.2) is 11.0 Å². The quantitative estimate of drug-likeness (QED) is 0.589. The van der Waals surface area contributed by atoms with Crippen LogP contribution in [0.1, 0.15) is 29.2 Å². The van der Waals surface area contributed by atoms with Gasteiger partial charge in [-0.2, -0.15) is 0 Å². The average Bonchev–Trinajstić information content (AvgIpc) is 2.57. The van der Waals surface area contributed by atoms with Gasteiger partial charge in [0.15, 0.2) is 5.11 Å². The molecule has 2 aromatic carbocycles. The summed E-state index contributed by atoms with van der Waals surface area (Å²) in [5, 5.41) is 3.53. The van der Waals surface area contributed by atoms with Crippen molar-refractivity contribution < 1.29 is 4.79 Å². The van der Waals surface area contributed by atoms with Gasteiger partial charge in [-0.3, -0.25) is 15.6 Å². The standard InChI is InChI=1S/C19H23N3OS/c1-4-16-7-5-6-14(3)18(16)20-19(24)22-21-17(23)12-15-10-8-13(2)9-11-15/h5-11H,4,12H2,1-3H3,(H,21,23)(H2,20,22,24). The number of benzene rings is 2. The molecular formula is C19H23N3OS. The molecule has 0 heterocycles. The molecule has 0 aliphatic heterocycles. The second-order valence-corrected chi connectivity index (χ2v) is 6.16. The Morgan fingerprint density at radius 1 is 1.04 bits per heavy atom. The van der Waals surface area contributed by atoms with Gasteiger partial charge in [-0.05, 0) is 49.2 Å². The van der Waals surface area contributed by atoms with Gasteiger partial charge in [-0.1, -0.05) is 55.0 Å². The van der Waals surface area contributed by atoms with Gasteiger partial charge in [0.05, 0.1) is 6.42 Å². The van der Waals surface area contributed by atoms with Gasteiger partial charge in [0.2, 0.25) is 5.91 Å². The van der Waals surface area contributed by atoms with E-state index in [-0.39, 0.29) is 5.91 Å². The van der Waals surface area contributed by atoms with Gasteiger partial charge in [-0.25, -0.2) is 0 Å². The van der Waals surface area contributed by atoms with Crippen LogP contribution in [0.2, 0.25) is 0 Å². The Labute approximate surface area is 148 Å². The fourth-order valence-electron chi connectivity index (χ4n) is 2.41. The van der Waals surface area contributed by atoms with Gasteiger partial charge in [0, 0.05) is 5.69 Å². The van der Waals surface area contributed by atoms with E-state index in [2.05, 4.69) is 29.2 Å². The lowest BCUT2D eigenvalue weighted by atomic mass is 10.1. The first kappa shape index (κ1) is 17.9. The highest BCUT2D eigenvalue weighted by Crippen LogP contribution is 2.20. The summed E-state index contributed by atoms with van der Waals surface area (Å²) >= 11 is 5.27. The highest BCUT2D eigenvalue weighted by molar-refractivity contribution is 7.80. The molecule has 4 nitrogen and oxygen atoms in total. The van der Waals surface area contributed by atoms with Crippen molar-refractivity contribution in [1.82, 2.24) is 10.9 Å². The average molecular weight is 341 g/mol. The summed E-state index contributed by atoms with van der Waals surface area (Å²) in [4.78, 5) is 12.0. The molecule has 0 aliphatic rings. The Morgan fingerprint density at radius 3 is 2.42 bits per heavy atom. The van der Waals surface area contributed by atoms with E-state index < -0.39 is 0 Å². The predicted molar refractivity (Wildman–Crippen MR) is 103 cm³/mol. The van der Waals surface area contributed by atoms with E-state index in [1.165, 1.54) is 11.1 Å². The molecule has 2 aromatic rings. The van der Waals surface area contributed by atoms with Crippen LogP contribution in [0.25, 0.3) is 0 Å². The number of carbonyl (C=O) groups is 1. The van der Waals surface area contributed by atoms with Gasteiger partial charge in [0.1, 0.15) is 0 Å². The molecular weight excluding hydrogens is 318 g/mol. The molecule has 5 heteroatoms. The van der Waals surface area contributed by atoms with Crippen molar-refractivity contribution >= 4 is 28.9 Å². The Balaban J connectivity index is 1.87. The molecule has 0 saturated carbocycles. The molecule has 0 unspecified atom stereocenters. The topological polar surface area (TPSA) is 53.2 Å². The van der Waals surface area contributed by atoms with Crippen LogP contribution in [0.15, 0.2) is 42.5 Å². The van der Waals surface area contributed by atoms with Crippen LogP contribution in [0.4, 0.5) is 5.69 Å². The molecule has 3 N–H and O–H groups in total. The SMILES string of the molecule is CCc1cccc(C)c1NC(=S)NNC(=O)Cc1ccc(C)cc1. The van der Waals surface area contributed by atoms with E-state index in [9.17, 15) is 4.79 Å². The largest absolute Gasteiger partial charge is 0.331 e. The van der Waals surface area contributed by atoms with Crippen LogP contribution < -0.4 is 16.2 Å². The van der Waals surface area contributed by atoms with Crippen LogP contribution >= 0.6 is 12.2 Å². The zero-order valence-corrected chi connectivity index (χ0v) is 15.1. The molecule has 0 atom stereocenters. The van der Waals surface area contributed by atoms with Crippen molar-refractivity contribution in [3.05, 3.63) is 64.7 Å². The van der Waals surface area contributed by atoms with Crippen molar-refractivity contribution in [2.75, 3.05) is 5.32 Å². The summed E-state index contributed by atoms with van der Waals surface area (Å²) in [6.07, 6.45) is 1.22. The van der Waals surface area contributed by atoms with Gasteiger partial charge in [-0.15, -0.1) is 0 Å². The number of amides is 1. The highest BCUT2D eigenvalue weighted by atomic mass is 32.1. The highest BCUT2D eigenvalue weighted by Gasteiger charge is 2.07. The van der Waals surface area contributed by atoms with Crippen molar-refractivity contribution in [2.45, 2.75) is 33.6 Å². The lowest BCUT2D eigenvalue weighted by Gasteiger charge is -2.16. The maximum Gasteiger partial charge on any atom is 0.242 e. The molecule has 126 valence electrons. The smallest absolute Gasteiger partial charge is 0.242 e. The molecule has 0 bridgehead atoms. The third kappa shape index (κ3) is 5.06. The van der Waals surface area contributed by atoms with E-state index in [1.54, 1.807) is 0 Å². The fourth-order valence-corrected chi connectivity index (χ4v) is 2.56. The first-order valence-corrected chi connectivity index (χ1v) is 8.40. The zero-order valence-electron chi connectivity index (χ0n) is 14.3. The van der Waals surface area contributed by atoms with Crippen molar-refractivity contribution in [2.24, 2.45) is 0 Å². The van der Waals surface area contributed by atoms with Gasteiger partial charge < -0.3 is 5.32 Å². The second kappa shape index (κ2) is 8.45. The molecule has 2 rings (SSSR count). The fraction of sp³-hybridized carbons (Fsp3) is 0.263. The summed E-state index contributed by atoms with van der Waals surface area (Å²) in [6.45, 7) is 6.14. The summed E-state index contributed by atoms with van der Waals surface area (Å²) in [7, 11) is 0. The minimum absolute atomic E-state index is 0.136. The van der Waals surface area contributed by atoms with E-state index in [0.29, 0.717) is 11.5 Å². The van der Waals surface area contributed by atoms with E-state index >= 15 is 0 Å². The van der Waals surface area contributed by atoms with Crippen LogP contribution in [0, 0.1) is 13.8 Å². The van der Waals surface area contributed by atoms with Crippen molar-refractivity contribution in [1.29, 1.82) is 0 Å². The normalized spacial score (nSPS) is 10.1. The first-order chi connectivity index (χ1) is 11.5. The summed E-state index contributed by atoms with van der Waals surface area (Å²) in [5.41, 5.74) is 10.8. The monoisotopic (exact) mass is 341 g/mol. The van der Waals surface area contributed by atoms with Crippen molar-refractivity contribution in [3.8, 4) is 0 Å². The van der Waals surface area contributed by atoms with Crippen LogP contribution in [-0.2, 0) is 17.6 Å². The summed E-state index contributed by atoms with van der Waals surface area (Å²) < 4.78 is 0. The Kier molecular flexibility index (Phi) is 6.32. The number of hydrazine groups is 1. The summed E-state index contributed by atoms with van der Waals surface area (Å²) in [6, 6.07) is 14.0. The third-order valence-corrected chi connectivity index (χ3v) is 3.98. The molecule has 0 radical (unpaired) electrons. The minimum atomic E-state index is -0.136. The molecule has 1 amide bonds. The maximum absolute atomic E-state index is 12.0. The Bertz CT molecular complexity index is 726. The third-order valence-electron chi connectivity index (χ3n) is 3.78. The maximum atomic E-state index is 12.0. The zero-order chi connectivity index (χ0) is 17.5. The van der Waals surface area contributed by atoms with Crippen LogP contribution in [0.5, 0.6) is 0 Å². The number of anilines is 1. The van der Waals surface area contributed by atoms with Crippen molar-refractivity contribution in [3.63, 3.8) is 0 Å². The van der Waals surface area contributed by atoms with Crippen LogP contribution in [0.3, 0.4) is 0 Å². The van der Waals surface area contributed by atoms with E-state index in [4.69, 9.17) is 12.2 Å². The Morgan fingerprint density at radius 2 is 1.75 bits per heavy atom.